The molecule has 0 spiro atoms. The third-order valence-corrected chi connectivity index (χ3v) is 6.89. The number of phenolic OH excluding ortho intramolecular Hbond substituents is 1. The van der Waals surface area contributed by atoms with E-state index in [0.29, 0.717) is 19.0 Å². The van der Waals surface area contributed by atoms with Gasteiger partial charge in [0, 0.05) is 35.2 Å². The molecule has 1 fully saturated rings. The molecule has 1 aromatic heterocycles. The molecule has 9 nitrogen and oxygen atoms in total. The van der Waals surface area contributed by atoms with Crippen LogP contribution in [0.2, 0.25) is 5.02 Å². The van der Waals surface area contributed by atoms with Crippen LogP contribution in [0.25, 0.3) is 22.3 Å². The van der Waals surface area contributed by atoms with Gasteiger partial charge < -0.3 is 24.1 Å². The fourth-order valence-electron chi connectivity index (χ4n) is 4.50. The van der Waals surface area contributed by atoms with Crippen molar-refractivity contribution in [1.29, 1.82) is 0 Å². The van der Waals surface area contributed by atoms with Gasteiger partial charge in [-0.3, -0.25) is 14.6 Å². The molecule has 1 aliphatic heterocycles. The van der Waals surface area contributed by atoms with E-state index in [9.17, 15) is 42.5 Å². The maximum absolute atomic E-state index is 13.1. The zero-order valence-electron chi connectivity index (χ0n) is 18.5. The first-order chi connectivity index (χ1) is 16.7. The Balaban J connectivity index is 2.03. The fraction of sp³-hybridized carbons (Fsp3) is 0.318. The lowest BCUT2D eigenvalue weighted by Gasteiger charge is -2.25. The van der Waals surface area contributed by atoms with E-state index >= 15 is 0 Å². The summed E-state index contributed by atoms with van der Waals surface area (Å²) in [4.78, 5) is 33.7. The third-order valence-electron chi connectivity index (χ3n) is 6.14. The lowest BCUT2D eigenvalue weighted by atomic mass is 9.89. The van der Waals surface area contributed by atoms with Gasteiger partial charge in [0.15, 0.2) is 5.43 Å². The maximum Gasteiger partial charge on any atom is 0.524 e. The largest absolute Gasteiger partial charge is 0.524 e. The zero-order chi connectivity index (χ0) is 26.6. The van der Waals surface area contributed by atoms with Crippen LogP contribution in [0, 0.1) is 0 Å². The van der Waals surface area contributed by atoms with Crippen LogP contribution in [0.3, 0.4) is 0 Å². The van der Waals surface area contributed by atoms with Crippen LogP contribution in [0.5, 0.6) is 11.5 Å². The van der Waals surface area contributed by atoms with Gasteiger partial charge in [-0.05, 0) is 38.2 Å². The number of likely N-dealkylation sites (tertiary alicyclic amines) is 1. The quantitative estimate of drug-likeness (QED) is 0.346. The van der Waals surface area contributed by atoms with Crippen LogP contribution in [0.1, 0.15) is 23.5 Å². The number of alkyl halides is 3. The first-order valence-electron chi connectivity index (χ1n) is 10.5. The normalized spacial score (nSPS) is 19.2. The van der Waals surface area contributed by atoms with Gasteiger partial charge in [0.1, 0.15) is 28.2 Å². The molecule has 3 aromatic rings. The molecule has 0 saturated carbocycles. The monoisotopic (exact) mass is 549 g/mol. The van der Waals surface area contributed by atoms with Gasteiger partial charge >= 0.3 is 14.0 Å². The lowest BCUT2D eigenvalue weighted by Crippen LogP contribution is -2.32. The molecule has 36 heavy (non-hydrogen) atoms. The van der Waals surface area contributed by atoms with Crippen molar-refractivity contribution in [2.75, 3.05) is 20.2 Å². The summed E-state index contributed by atoms with van der Waals surface area (Å²) in [6.07, 6.45) is -4.29. The Bertz CT molecular complexity index is 1440. The van der Waals surface area contributed by atoms with Crippen molar-refractivity contribution in [2.45, 2.75) is 24.6 Å². The number of fused-ring (bicyclic) bond motifs is 1. The van der Waals surface area contributed by atoms with Gasteiger partial charge in [-0.1, -0.05) is 11.6 Å². The van der Waals surface area contributed by atoms with Crippen LogP contribution in [0.15, 0.2) is 39.5 Å². The molecular formula is C22H20ClF3NO8P. The number of rotatable bonds is 5. The predicted octanol–water partition coefficient (Wildman–Crippen LogP) is 4.09. The van der Waals surface area contributed by atoms with E-state index in [1.54, 1.807) is 11.9 Å². The number of benzene rings is 2. The number of likely N-dealkylation sites (N-methyl/N-ethyl adjacent to an activating group) is 1. The molecule has 0 amide bonds. The average molecular weight is 550 g/mol. The summed E-state index contributed by atoms with van der Waals surface area (Å²) in [6.45, 7) is 0.121. The van der Waals surface area contributed by atoms with Crippen molar-refractivity contribution in [3.63, 3.8) is 0 Å². The number of aliphatic hydroxyl groups is 1. The van der Waals surface area contributed by atoms with Crippen LogP contribution in [-0.2, 0) is 10.7 Å². The minimum absolute atomic E-state index is 0.0107. The second kappa shape index (κ2) is 9.37. The topological polar surface area (TPSA) is 141 Å². The van der Waals surface area contributed by atoms with E-state index in [4.69, 9.17) is 20.5 Å². The van der Waals surface area contributed by atoms with E-state index in [2.05, 4.69) is 0 Å². The SMILES string of the molecule is CN1CC[C@@H](c2c(OP(=O)(O)O)cc(O)c3c(=O)cc(-c4ccc(C(F)(F)F)cc4Cl)oc23)[C@@H]1CO. The number of nitrogens with zero attached hydrogens (tertiary/aromatic N) is 1. The number of phosphoric ester groups is 1. The summed E-state index contributed by atoms with van der Waals surface area (Å²) in [5, 5.41) is 19.8. The van der Waals surface area contributed by atoms with Gasteiger partial charge in [0.2, 0.25) is 0 Å². The number of hydrogen-bond donors (Lipinski definition) is 4. The van der Waals surface area contributed by atoms with Crippen LogP contribution < -0.4 is 9.95 Å². The van der Waals surface area contributed by atoms with Crippen LogP contribution in [-0.4, -0.2) is 51.1 Å². The molecule has 14 heteroatoms. The van der Waals surface area contributed by atoms with Gasteiger partial charge in [0.25, 0.3) is 0 Å². The number of aromatic hydroxyl groups is 1. The fourth-order valence-corrected chi connectivity index (χ4v) is 5.18. The zero-order valence-corrected chi connectivity index (χ0v) is 20.1. The van der Waals surface area contributed by atoms with Crippen LogP contribution >= 0.6 is 19.4 Å². The molecule has 2 aromatic carbocycles. The Labute approximate surface area is 206 Å². The molecule has 4 rings (SSSR count). The molecule has 2 atom stereocenters. The molecule has 4 N–H and O–H groups in total. The summed E-state index contributed by atoms with van der Waals surface area (Å²) >= 11 is 6.08. The third kappa shape index (κ3) is 4.97. The highest BCUT2D eigenvalue weighted by Crippen LogP contribution is 2.49. The highest BCUT2D eigenvalue weighted by Gasteiger charge is 2.38. The highest BCUT2D eigenvalue weighted by molar-refractivity contribution is 7.46. The summed E-state index contributed by atoms with van der Waals surface area (Å²) in [5.74, 6) is -2.05. The Kier molecular flexibility index (Phi) is 6.89. The Hall–Kier alpha value is -2.60. The number of phosphoric acid groups is 1. The molecule has 1 aliphatic rings. The van der Waals surface area contributed by atoms with Crippen LogP contribution in [0.4, 0.5) is 13.2 Å². The van der Waals surface area contributed by atoms with E-state index in [1.165, 1.54) is 0 Å². The second-order valence-electron chi connectivity index (χ2n) is 8.39. The molecule has 0 aliphatic carbocycles. The summed E-state index contributed by atoms with van der Waals surface area (Å²) in [7, 11) is -3.42. The van der Waals surface area contributed by atoms with Gasteiger partial charge in [0.05, 0.1) is 17.2 Å². The van der Waals surface area contributed by atoms with E-state index in [-0.39, 0.29) is 39.5 Å². The molecule has 0 bridgehead atoms. The van der Waals surface area contributed by atoms with Gasteiger partial charge in [-0.15, -0.1) is 0 Å². The maximum atomic E-state index is 13.1. The second-order valence-corrected chi connectivity index (χ2v) is 9.96. The molecule has 0 unspecified atom stereocenters. The number of phenols is 1. The average Bonchev–Trinajstić information content (AvgIpc) is 3.11. The van der Waals surface area contributed by atoms with Crippen molar-refractivity contribution < 1.29 is 46.7 Å². The molecular weight excluding hydrogens is 530 g/mol. The van der Waals surface area contributed by atoms with Gasteiger partial charge in [-0.2, -0.15) is 13.2 Å². The van der Waals surface area contributed by atoms with Crippen molar-refractivity contribution >= 4 is 30.4 Å². The lowest BCUT2D eigenvalue weighted by molar-refractivity contribution is -0.137. The highest BCUT2D eigenvalue weighted by atomic mass is 35.5. The van der Waals surface area contributed by atoms with Crippen molar-refractivity contribution in [2.24, 2.45) is 0 Å². The summed E-state index contributed by atoms with van der Waals surface area (Å²) < 4.78 is 61.6. The Morgan fingerprint density at radius 1 is 1.25 bits per heavy atom. The minimum Gasteiger partial charge on any atom is -0.507 e. The van der Waals surface area contributed by atoms with Crippen molar-refractivity contribution in [1.82, 2.24) is 4.90 Å². The smallest absolute Gasteiger partial charge is 0.507 e. The van der Waals surface area contributed by atoms with Gasteiger partial charge in [-0.25, -0.2) is 4.57 Å². The van der Waals surface area contributed by atoms with Crippen molar-refractivity contribution in [3.8, 4) is 22.8 Å². The Morgan fingerprint density at radius 2 is 1.94 bits per heavy atom. The first-order valence-corrected chi connectivity index (χ1v) is 12.4. The minimum atomic E-state index is -5.14. The summed E-state index contributed by atoms with van der Waals surface area (Å²) in [5.41, 5.74) is -2.14. The number of hydrogen-bond acceptors (Lipinski definition) is 7. The Morgan fingerprint density at radius 3 is 2.53 bits per heavy atom. The molecule has 0 radical (unpaired) electrons. The predicted molar refractivity (Wildman–Crippen MR) is 123 cm³/mol. The molecule has 1 saturated heterocycles. The van der Waals surface area contributed by atoms with E-state index < -0.39 is 48.5 Å². The molecule has 2 heterocycles. The first kappa shape index (κ1) is 26.5. The van der Waals surface area contributed by atoms with Crippen molar-refractivity contribution in [3.05, 3.63) is 56.7 Å². The standard InChI is InChI=1S/C22H20ClF3NO8P/c1-27-5-4-12(14(27)9-28)19-18(35-36(31,32)33)8-16(30)20-15(29)7-17(34-21(19)20)11-3-2-10(6-13(11)23)22(24,25)26/h2-3,6-8,12,14,28,30H,4-5,9H2,1H3,(H2,31,32,33)/t12-,14+/m1/s1. The van der Waals surface area contributed by atoms with E-state index in [1.807, 2.05) is 0 Å². The summed E-state index contributed by atoms with van der Waals surface area (Å²) in [6, 6.07) is 3.70. The molecule has 194 valence electrons. The number of aliphatic hydroxyl groups excluding tert-OH is 1. The van der Waals surface area contributed by atoms with E-state index in [0.717, 1.165) is 24.3 Å². The number of halogens is 4.